The number of hydrogen-bond acceptors (Lipinski definition) is 1. The van der Waals surface area contributed by atoms with Crippen LogP contribution < -0.4 is 4.90 Å². The number of hydrogen-bond donors (Lipinski definition) is 0. The van der Waals surface area contributed by atoms with Gasteiger partial charge in [0.05, 0.1) is 11.0 Å². The first kappa shape index (κ1) is 28.4. The van der Waals surface area contributed by atoms with E-state index in [1.165, 1.54) is 49.6 Å². The Morgan fingerprint density at radius 3 is 1.51 bits per heavy atom. The summed E-state index contributed by atoms with van der Waals surface area (Å²) >= 11 is 0. The molecule has 0 aliphatic heterocycles. The quantitative estimate of drug-likeness (QED) is 0.176. The monoisotopic (exact) mass is 602 g/mol. The van der Waals surface area contributed by atoms with Crippen LogP contribution in [-0.2, 0) is 0 Å². The van der Waals surface area contributed by atoms with Gasteiger partial charge in [0.2, 0.25) is 0 Å². The molecule has 1 heterocycles. The molecule has 0 spiro atoms. The molecule has 224 valence electrons. The zero-order chi connectivity index (χ0) is 31.7. The van der Waals surface area contributed by atoms with Crippen LogP contribution in [0.15, 0.2) is 176 Å². The van der Waals surface area contributed by atoms with Crippen molar-refractivity contribution in [3.63, 3.8) is 0 Å². The van der Waals surface area contributed by atoms with Gasteiger partial charge in [0.1, 0.15) is 0 Å². The minimum atomic E-state index is 1.10. The maximum absolute atomic E-state index is 4.05. The topological polar surface area (TPSA) is 8.17 Å². The van der Waals surface area contributed by atoms with E-state index in [9.17, 15) is 0 Å². The molecule has 0 radical (unpaired) electrons. The van der Waals surface area contributed by atoms with Crippen LogP contribution in [0.1, 0.15) is 11.1 Å². The molecule has 0 unspecified atom stereocenters. The summed E-state index contributed by atoms with van der Waals surface area (Å²) in [6.07, 6.45) is 1.92. The van der Waals surface area contributed by atoms with Gasteiger partial charge in [0.15, 0.2) is 0 Å². The maximum Gasteiger partial charge on any atom is 0.0542 e. The lowest BCUT2D eigenvalue weighted by Crippen LogP contribution is -2.10. The van der Waals surface area contributed by atoms with E-state index in [1.54, 1.807) is 0 Å². The Labute approximate surface area is 276 Å². The maximum atomic E-state index is 4.05. The Morgan fingerprint density at radius 2 is 0.936 bits per heavy atom. The molecule has 0 aliphatic carbocycles. The van der Waals surface area contributed by atoms with Gasteiger partial charge < -0.3 is 9.47 Å². The van der Waals surface area contributed by atoms with Crippen molar-refractivity contribution < 1.29 is 0 Å². The number of nitrogens with zero attached hydrogens (tertiary/aromatic N) is 2. The van der Waals surface area contributed by atoms with E-state index in [1.807, 2.05) is 6.08 Å². The van der Waals surface area contributed by atoms with Crippen LogP contribution in [-0.4, -0.2) is 4.57 Å². The molecule has 2 heteroatoms. The fraction of sp³-hybridized carbons (Fsp3) is 0.0222. The third-order valence-corrected chi connectivity index (χ3v) is 9.02. The van der Waals surface area contributed by atoms with Gasteiger partial charge in [-0.1, -0.05) is 121 Å². The minimum Gasteiger partial charge on any atom is -0.310 e. The standard InChI is InChI=1S/C45H34N2/c1-3-33-16-28-44-42(30-33)43-31-41(27-29-45(43)47(44)38-12-8-5-9-13-38)46(39-23-19-36(20-24-39)34-10-6-4-7-11-34)40-25-21-37(22-26-40)35-17-14-32(2)15-18-35/h3-31H,1H2,2H3. The highest BCUT2D eigenvalue weighted by atomic mass is 15.1. The minimum absolute atomic E-state index is 1.10. The van der Waals surface area contributed by atoms with Crippen molar-refractivity contribution in [1.29, 1.82) is 0 Å². The SMILES string of the molecule is C=Cc1ccc2c(c1)c1cc(N(c3ccc(-c4ccccc4)cc3)c3ccc(-c4ccc(C)cc4)cc3)ccc1n2-c1ccccc1. The second-order valence-corrected chi connectivity index (χ2v) is 12.0. The molecule has 2 nitrogen and oxygen atoms in total. The Morgan fingerprint density at radius 1 is 0.468 bits per heavy atom. The van der Waals surface area contributed by atoms with E-state index < -0.39 is 0 Å². The van der Waals surface area contributed by atoms with Gasteiger partial charge in [-0.3, -0.25) is 0 Å². The van der Waals surface area contributed by atoms with Crippen LogP contribution in [0.3, 0.4) is 0 Å². The molecule has 1 aromatic heterocycles. The Hall–Kier alpha value is -6.12. The predicted octanol–water partition coefficient (Wildman–Crippen LogP) is 12.5. The molecule has 0 bridgehead atoms. The van der Waals surface area contributed by atoms with Gasteiger partial charge in [-0.05, 0) is 101 Å². The lowest BCUT2D eigenvalue weighted by atomic mass is 10.0. The molecule has 47 heavy (non-hydrogen) atoms. The number of anilines is 3. The molecule has 0 atom stereocenters. The fourth-order valence-corrected chi connectivity index (χ4v) is 6.58. The molecule has 0 N–H and O–H groups in total. The first-order chi connectivity index (χ1) is 23.2. The van der Waals surface area contributed by atoms with E-state index in [2.05, 4.69) is 193 Å². The van der Waals surface area contributed by atoms with E-state index >= 15 is 0 Å². The van der Waals surface area contributed by atoms with Crippen molar-refractivity contribution in [2.75, 3.05) is 4.90 Å². The molecule has 0 saturated heterocycles. The summed E-state index contributed by atoms with van der Waals surface area (Å²) < 4.78 is 2.36. The van der Waals surface area contributed by atoms with Crippen LogP contribution in [0, 0.1) is 6.92 Å². The summed E-state index contributed by atoms with van der Waals surface area (Å²) in [4.78, 5) is 2.36. The fourth-order valence-electron chi connectivity index (χ4n) is 6.58. The zero-order valence-corrected chi connectivity index (χ0v) is 26.3. The second-order valence-electron chi connectivity index (χ2n) is 12.0. The van der Waals surface area contributed by atoms with Gasteiger partial charge in [0, 0.05) is 33.5 Å². The third-order valence-electron chi connectivity index (χ3n) is 9.02. The number of aryl methyl sites for hydroxylation is 1. The van der Waals surface area contributed by atoms with Gasteiger partial charge in [-0.15, -0.1) is 0 Å². The van der Waals surface area contributed by atoms with Crippen molar-refractivity contribution in [2.45, 2.75) is 6.92 Å². The molecular formula is C45H34N2. The Bertz CT molecular complexity index is 2330. The molecule has 8 rings (SSSR count). The van der Waals surface area contributed by atoms with Gasteiger partial charge in [0.25, 0.3) is 0 Å². The number of fused-ring (bicyclic) bond motifs is 3. The highest BCUT2D eigenvalue weighted by molar-refractivity contribution is 6.11. The first-order valence-corrected chi connectivity index (χ1v) is 16.1. The second kappa shape index (κ2) is 12.0. The molecule has 0 amide bonds. The lowest BCUT2D eigenvalue weighted by molar-refractivity contribution is 1.18. The lowest BCUT2D eigenvalue weighted by Gasteiger charge is -2.26. The molecule has 0 fully saturated rings. The van der Waals surface area contributed by atoms with E-state index in [0.29, 0.717) is 0 Å². The number of para-hydroxylation sites is 1. The van der Waals surface area contributed by atoms with Crippen LogP contribution in [0.2, 0.25) is 0 Å². The van der Waals surface area contributed by atoms with E-state index in [-0.39, 0.29) is 0 Å². The third kappa shape index (κ3) is 5.30. The smallest absolute Gasteiger partial charge is 0.0542 e. The summed E-state index contributed by atoms with van der Waals surface area (Å²) in [5.41, 5.74) is 14.0. The van der Waals surface area contributed by atoms with Gasteiger partial charge in [-0.2, -0.15) is 0 Å². The summed E-state index contributed by atoms with van der Waals surface area (Å²) in [7, 11) is 0. The molecule has 0 saturated carbocycles. The molecule has 8 aromatic rings. The Kier molecular flexibility index (Phi) is 7.24. The van der Waals surface area contributed by atoms with Gasteiger partial charge >= 0.3 is 0 Å². The number of rotatable bonds is 7. The average Bonchev–Trinajstić information content (AvgIpc) is 3.46. The summed E-state index contributed by atoms with van der Waals surface area (Å²) in [6.45, 7) is 6.18. The zero-order valence-electron chi connectivity index (χ0n) is 26.3. The highest BCUT2D eigenvalue weighted by Crippen LogP contribution is 2.41. The summed E-state index contributed by atoms with van der Waals surface area (Å²) in [5.74, 6) is 0. The molecular weight excluding hydrogens is 569 g/mol. The van der Waals surface area contributed by atoms with E-state index in [0.717, 1.165) is 28.3 Å². The van der Waals surface area contributed by atoms with Crippen molar-refractivity contribution in [3.05, 3.63) is 188 Å². The van der Waals surface area contributed by atoms with Crippen molar-refractivity contribution in [2.24, 2.45) is 0 Å². The van der Waals surface area contributed by atoms with Crippen molar-refractivity contribution in [1.82, 2.24) is 4.57 Å². The summed E-state index contributed by atoms with van der Waals surface area (Å²) in [6, 6.07) is 61.1. The van der Waals surface area contributed by atoms with E-state index in [4.69, 9.17) is 0 Å². The predicted molar refractivity (Wildman–Crippen MR) is 201 cm³/mol. The summed E-state index contributed by atoms with van der Waals surface area (Å²) in [5, 5.41) is 2.41. The van der Waals surface area contributed by atoms with Crippen molar-refractivity contribution in [3.8, 4) is 27.9 Å². The Balaban J connectivity index is 1.30. The largest absolute Gasteiger partial charge is 0.310 e. The van der Waals surface area contributed by atoms with Crippen LogP contribution >= 0.6 is 0 Å². The molecule has 7 aromatic carbocycles. The number of benzene rings is 7. The number of aromatic nitrogens is 1. The van der Waals surface area contributed by atoms with Crippen LogP contribution in [0.4, 0.5) is 17.1 Å². The van der Waals surface area contributed by atoms with Crippen LogP contribution in [0.5, 0.6) is 0 Å². The van der Waals surface area contributed by atoms with Crippen molar-refractivity contribution >= 4 is 44.9 Å². The molecule has 0 aliphatic rings. The normalized spacial score (nSPS) is 11.2. The van der Waals surface area contributed by atoms with Crippen LogP contribution in [0.25, 0.3) is 55.8 Å². The first-order valence-electron chi connectivity index (χ1n) is 16.1. The van der Waals surface area contributed by atoms with Gasteiger partial charge in [-0.25, -0.2) is 0 Å². The highest BCUT2D eigenvalue weighted by Gasteiger charge is 2.18. The average molecular weight is 603 g/mol.